The molecule has 0 bridgehead atoms. The van der Waals surface area contributed by atoms with Crippen LogP contribution in [0.25, 0.3) is 66.8 Å². The van der Waals surface area contributed by atoms with E-state index in [1.807, 2.05) is 0 Å². The van der Waals surface area contributed by atoms with Crippen LogP contribution < -0.4 is 4.90 Å². The van der Waals surface area contributed by atoms with Crippen molar-refractivity contribution >= 4 is 17.1 Å². The highest BCUT2D eigenvalue weighted by atomic mass is 15.1. The fraction of sp³-hybridized carbons (Fsp3) is 0.0149. The zero-order chi connectivity index (χ0) is 45.3. The van der Waals surface area contributed by atoms with E-state index in [0.717, 1.165) is 39.3 Å². The Hall–Kier alpha value is -8.78. The number of hydrogen-bond acceptors (Lipinski definition) is 1. The van der Waals surface area contributed by atoms with E-state index < -0.39 is 5.41 Å². The number of anilines is 3. The third kappa shape index (κ3) is 6.96. The molecule has 11 aromatic carbocycles. The molecule has 0 spiro atoms. The maximum Gasteiger partial charge on any atom is 0.0714 e. The lowest BCUT2D eigenvalue weighted by Crippen LogP contribution is -2.28. The molecule has 0 heterocycles. The average Bonchev–Trinajstić information content (AvgIpc) is 3.73. The standard InChI is InChI=1S/C67H47N/c1-5-23-48(24-6-1)49-41-43-51(44-42-49)56-32-18-21-39-65(56)68(66-40-22-19-37-62(66)59-35-16-15-34-58(59)57-33-14-13-31-55(57)50-25-7-2-8-26-50)54-45-46-61-60-36-17-20-38-63(60)67(64(61)47-54,52-27-9-3-10-28-52)53-29-11-4-12-30-53/h1-47H. The second kappa shape index (κ2) is 17.5. The summed E-state index contributed by atoms with van der Waals surface area (Å²) in [4.78, 5) is 2.51. The molecule has 0 fully saturated rings. The summed E-state index contributed by atoms with van der Waals surface area (Å²) in [5, 5.41) is 0. The van der Waals surface area contributed by atoms with Gasteiger partial charge in [0.05, 0.1) is 16.8 Å². The SMILES string of the molecule is c1ccc(-c2ccc(-c3ccccc3N(c3ccc4c(c3)C(c3ccccc3)(c3ccccc3)c3ccccc3-4)c3ccccc3-c3ccccc3-c3ccccc3-c3ccccc3)cc2)cc1. The van der Waals surface area contributed by atoms with Gasteiger partial charge < -0.3 is 4.90 Å². The maximum absolute atomic E-state index is 2.51. The van der Waals surface area contributed by atoms with Crippen LogP contribution in [-0.2, 0) is 5.41 Å². The summed E-state index contributed by atoms with van der Waals surface area (Å²) in [6.45, 7) is 0. The Morgan fingerprint density at radius 1 is 0.221 bits per heavy atom. The molecular weight excluding hydrogens is 819 g/mol. The van der Waals surface area contributed by atoms with Crippen LogP contribution in [0.1, 0.15) is 22.3 Å². The molecule has 1 nitrogen and oxygen atoms in total. The second-order valence-electron chi connectivity index (χ2n) is 17.5. The highest BCUT2D eigenvalue weighted by Crippen LogP contribution is 2.58. The largest absolute Gasteiger partial charge is 0.309 e. The summed E-state index contributed by atoms with van der Waals surface area (Å²) < 4.78 is 0. The van der Waals surface area contributed by atoms with E-state index in [0.29, 0.717) is 0 Å². The van der Waals surface area contributed by atoms with Gasteiger partial charge in [0, 0.05) is 16.8 Å². The van der Waals surface area contributed by atoms with Gasteiger partial charge in [-0.05, 0) is 102 Å². The fourth-order valence-corrected chi connectivity index (χ4v) is 10.8. The lowest BCUT2D eigenvalue weighted by molar-refractivity contribution is 0.768. The van der Waals surface area contributed by atoms with Gasteiger partial charge in [0.15, 0.2) is 0 Å². The molecule has 11 aromatic rings. The van der Waals surface area contributed by atoms with Gasteiger partial charge in [-0.1, -0.05) is 261 Å². The molecule has 320 valence electrons. The van der Waals surface area contributed by atoms with E-state index >= 15 is 0 Å². The van der Waals surface area contributed by atoms with Gasteiger partial charge in [0.25, 0.3) is 0 Å². The minimum atomic E-state index is -0.559. The summed E-state index contributed by atoms with van der Waals surface area (Å²) in [5.41, 5.74) is 22.0. The van der Waals surface area contributed by atoms with Gasteiger partial charge >= 0.3 is 0 Å². The van der Waals surface area contributed by atoms with E-state index in [4.69, 9.17) is 0 Å². The van der Waals surface area contributed by atoms with Crippen LogP contribution in [0.5, 0.6) is 0 Å². The molecule has 12 rings (SSSR count). The summed E-state index contributed by atoms with van der Waals surface area (Å²) in [6, 6.07) is 104. The molecule has 0 unspecified atom stereocenters. The van der Waals surface area contributed by atoms with E-state index in [-0.39, 0.29) is 0 Å². The van der Waals surface area contributed by atoms with Crippen molar-refractivity contribution in [3.8, 4) is 66.8 Å². The molecule has 68 heavy (non-hydrogen) atoms. The van der Waals surface area contributed by atoms with E-state index in [1.165, 1.54) is 66.8 Å². The third-order valence-corrected chi connectivity index (χ3v) is 13.8. The second-order valence-corrected chi connectivity index (χ2v) is 17.5. The van der Waals surface area contributed by atoms with Gasteiger partial charge in [0.1, 0.15) is 0 Å². The number of fused-ring (bicyclic) bond motifs is 3. The first kappa shape index (κ1) is 40.7. The van der Waals surface area contributed by atoms with Gasteiger partial charge in [-0.25, -0.2) is 0 Å². The first-order valence-corrected chi connectivity index (χ1v) is 23.5. The number of benzene rings is 11. The van der Waals surface area contributed by atoms with Crippen LogP contribution in [-0.4, -0.2) is 0 Å². The predicted octanol–water partition coefficient (Wildman–Crippen LogP) is 17.9. The molecule has 0 aromatic heterocycles. The van der Waals surface area contributed by atoms with E-state index in [2.05, 4.69) is 290 Å². The number of rotatable bonds is 10. The minimum Gasteiger partial charge on any atom is -0.309 e. The van der Waals surface area contributed by atoms with Crippen LogP contribution >= 0.6 is 0 Å². The zero-order valence-corrected chi connectivity index (χ0v) is 37.6. The van der Waals surface area contributed by atoms with Crippen molar-refractivity contribution < 1.29 is 0 Å². The maximum atomic E-state index is 2.51. The Balaban J connectivity index is 1.12. The molecule has 0 saturated carbocycles. The molecule has 1 heteroatoms. The lowest BCUT2D eigenvalue weighted by atomic mass is 9.67. The van der Waals surface area contributed by atoms with Crippen molar-refractivity contribution in [2.24, 2.45) is 0 Å². The van der Waals surface area contributed by atoms with E-state index in [1.54, 1.807) is 0 Å². The van der Waals surface area contributed by atoms with Crippen LogP contribution in [0, 0.1) is 0 Å². The Labute approximate surface area is 399 Å². The molecular formula is C67H47N. The highest BCUT2D eigenvalue weighted by molar-refractivity contribution is 6.00. The fourth-order valence-electron chi connectivity index (χ4n) is 10.8. The number of hydrogen-bond donors (Lipinski definition) is 0. The average molecular weight is 866 g/mol. The Bertz CT molecular complexity index is 3500. The minimum absolute atomic E-state index is 0.559. The van der Waals surface area contributed by atoms with Crippen LogP contribution in [0.15, 0.2) is 285 Å². The summed E-state index contributed by atoms with van der Waals surface area (Å²) >= 11 is 0. The predicted molar refractivity (Wildman–Crippen MR) is 286 cm³/mol. The normalized spacial score (nSPS) is 12.2. The summed E-state index contributed by atoms with van der Waals surface area (Å²) in [6.07, 6.45) is 0. The Morgan fingerprint density at radius 3 is 1.19 bits per heavy atom. The first-order valence-electron chi connectivity index (χ1n) is 23.5. The highest BCUT2D eigenvalue weighted by Gasteiger charge is 2.46. The first-order chi connectivity index (χ1) is 33.8. The smallest absolute Gasteiger partial charge is 0.0714 e. The van der Waals surface area contributed by atoms with Gasteiger partial charge in [0.2, 0.25) is 0 Å². The van der Waals surface area contributed by atoms with Crippen molar-refractivity contribution in [3.63, 3.8) is 0 Å². The lowest BCUT2D eigenvalue weighted by Gasteiger charge is -2.35. The topological polar surface area (TPSA) is 3.24 Å². The molecule has 1 aliphatic carbocycles. The van der Waals surface area contributed by atoms with E-state index in [9.17, 15) is 0 Å². The molecule has 0 atom stereocenters. The molecule has 0 amide bonds. The summed E-state index contributed by atoms with van der Waals surface area (Å²) in [7, 11) is 0. The van der Waals surface area contributed by atoms with Gasteiger partial charge in [-0.3, -0.25) is 0 Å². The third-order valence-electron chi connectivity index (χ3n) is 13.8. The van der Waals surface area contributed by atoms with Crippen LogP contribution in [0.4, 0.5) is 17.1 Å². The van der Waals surface area contributed by atoms with Crippen molar-refractivity contribution in [1.82, 2.24) is 0 Å². The quantitative estimate of drug-likeness (QED) is 0.132. The molecule has 0 radical (unpaired) electrons. The van der Waals surface area contributed by atoms with Crippen LogP contribution in [0.3, 0.4) is 0 Å². The van der Waals surface area contributed by atoms with Crippen molar-refractivity contribution in [3.05, 3.63) is 307 Å². The van der Waals surface area contributed by atoms with Crippen LogP contribution in [0.2, 0.25) is 0 Å². The van der Waals surface area contributed by atoms with Gasteiger partial charge in [-0.15, -0.1) is 0 Å². The zero-order valence-electron chi connectivity index (χ0n) is 37.6. The molecule has 1 aliphatic rings. The van der Waals surface area contributed by atoms with Crippen molar-refractivity contribution in [1.29, 1.82) is 0 Å². The number of nitrogens with zero attached hydrogens (tertiary/aromatic N) is 1. The monoisotopic (exact) mass is 865 g/mol. The van der Waals surface area contributed by atoms with Gasteiger partial charge in [-0.2, -0.15) is 0 Å². The Kier molecular flexibility index (Phi) is 10.5. The van der Waals surface area contributed by atoms with Crippen molar-refractivity contribution in [2.75, 3.05) is 4.90 Å². The Morgan fingerprint density at radius 2 is 0.588 bits per heavy atom. The molecule has 0 N–H and O–H groups in total. The molecule has 0 aliphatic heterocycles. The summed E-state index contributed by atoms with van der Waals surface area (Å²) in [5.74, 6) is 0. The number of para-hydroxylation sites is 2. The molecule has 0 saturated heterocycles. The van der Waals surface area contributed by atoms with Crippen molar-refractivity contribution in [2.45, 2.75) is 5.41 Å².